The molecule has 0 aliphatic carbocycles. The fourth-order valence-corrected chi connectivity index (χ4v) is 3.20. The van der Waals surface area contributed by atoms with Crippen molar-refractivity contribution in [1.29, 1.82) is 0 Å². The smallest absolute Gasteiger partial charge is 0.136 e. The summed E-state index contributed by atoms with van der Waals surface area (Å²) in [6.45, 7) is 0. The Balaban J connectivity index is 2.66. The molecule has 1 nitrogen and oxygen atoms in total. The van der Waals surface area contributed by atoms with Crippen molar-refractivity contribution in [3.63, 3.8) is 0 Å². The average Bonchev–Trinajstić information content (AvgIpc) is 2.64. The molecule has 0 unspecified atom stereocenters. The molecule has 0 spiro atoms. The van der Waals surface area contributed by atoms with E-state index >= 15 is 0 Å². The lowest BCUT2D eigenvalue weighted by molar-refractivity contribution is 0.668. The van der Waals surface area contributed by atoms with E-state index in [0.717, 1.165) is 35.4 Å². The molecule has 0 aliphatic rings. The third-order valence-electron chi connectivity index (χ3n) is 2.50. The van der Waals surface area contributed by atoms with Gasteiger partial charge < -0.3 is 4.42 Å². The first-order chi connectivity index (χ1) is 7.68. The number of halogens is 3. The van der Waals surface area contributed by atoms with E-state index in [1.807, 2.05) is 30.3 Å². The molecule has 0 radical (unpaired) electrons. The summed E-state index contributed by atoms with van der Waals surface area (Å²) in [7, 11) is 0. The molecular formula is C12H5Br3O. The second-order valence-corrected chi connectivity index (χ2v) is 5.95. The van der Waals surface area contributed by atoms with Gasteiger partial charge in [0.1, 0.15) is 11.2 Å². The molecule has 0 amide bonds. The number of benzene rings is 2. The highest BCUT2D eigenvalue weighted by molar-refractivity contribution is 9.13. The predicted octanol–water partition coefficient (Wildman–Crippen LogP) is 5.87. The highest BCUT2D eigenvalue weighted by Gasteiger charge is 2.13. The minimum Gasteiger partial charge on any atom is -0.456 e. The maximum absolute atomic E-state index is 5.79. The molecule has 0 saturated carbocycles. The van der Waals surface area contributed by atoms with Crippen LogP contribution >= 0.6 is 47.8 Å². The first-order valence-corrected chi connectivity index (χ1v) is 7.01. The first-order valence-electron chi connectivity index (χ1n) is 4.63. The molecule has 4 heteroatoms. The highest BCUT2D eigenvalue weighted by Crippen LogP contribution is 2.40. The minimum absolute atomic E-state index is 0.886. The summed E-state index contributed by atoms with van der Waals surface area (Å²) in [5.41, 5.74) is 1.78. The molecule has 0 saturated heterocycles. The maximum Gasteiger partial charge on any atom is 0.136 e. The van der Waals surface area contributed by atoms with Gasteiger partial charge in [0.05, 0.1) is 0 Å². The van der Waals surface area contributed by atoms with Crippen molar-refractivity contribution in [3.05, 3.63) is 43.7 Å². The SMILES string of the molecule is Brc1ccc2oc3cccc(Br)c3c2c1Br. The normalized spacial score (nSPS) is 11.4. The first kappa shape index (κ1) is 10.8. The molecule has 3 rings (SSSR count). The van der Waals surface area contributed by atoms with Gasteiger partial charge in [0.15, 0.2) is 0 Å². The minimum atomic E-state index is 0.886. The molecule has 0 fully saturated rings. The zero-order valence-corrected chi connectivity index (χ0v) is 12.7. The monoisotopic (exact) mass is 402 g/mol. The Bertz CT molecular complexity index is 700. The molecule has 80 valence electrons. The second-order valence-electron chi connectivity index (χ2n) is 3.45. The quantitative estimate of drug-likeness (QED) is 0.456. The molecule has 0 N–H and O–H groups in total. The zero-order valence-electron chi connectivity index (χ0n) is 7.93. The van der Waals surface area contributed by atoms with Crippen molar-refractivity contribution < 1.29 is 4.42 Å². The van der Waals surface area contributed by atoms with Crippen LogP contribution in [0.2, 0.25) is 0 Å². The largest absolute Gasteiger partial charge is 0.456 e. The Morgan fingerprint density at radius 2 is 1.50 bits per heavy atom. The maximum atomic E-state index is 5.79. The predicted molar refractivity (Wildman–Crippen MR) is 76.8 cm³/mol. The Kier molecular flexibility index (Phi) is 2.61. The Morgan fingerprint density at radius 3 is 2.31 bits per heavy atom. The number of fused-ring (bicyclic) bond motifs is 3. The van der Waals surface area contributed by atoms with Crippen LogP contribution in [0.4, 0.5) is 0 Å². The van der Waals surface area contributed by atoms with Crippen LogP contribution in [0.5, 0.6) is 0 Å². The second kappa shape index (κ2) is 3.86. The summed E-state index contributed by atoms with van der Waals surface area (Å²) in [4.78, 5) is 0. The van der Waals surface area contributed by atoms with Crippen molar-refractivity contribution >= 4 is 69.7 Å². The summed E-state index contributed by atoms with van der Waals surface area (Å²) in [6.07, 6.45) is 0. The highest BCUT2D eigenvalue weighted by atomic mass is 79.9. The number of hydrogen-bond acceptors (Lipinski definition) is 1. The van der Waals surface area contributed by atoms with E-state index in [1.54, 1.807) is 0 Å². The van der Waals surface area contributed by atoms with Gasteiger partial charge in [-0.15, -0.1) is 0 Å². The van der Waals surface area contributed by atoms with Crippen LogP contribution in [0.15, 0.2) is 48.2 Å². The molecular weight excluding hydrogens is 400 g/mol. The van der Waals surface area contributed by atoms with Crippen LogP contribution in [-0.4, -0.2) is 0 Å². The van der Waals surface area contributed by atoms with Crippen LogP contribution in [-0.2, 0) is 0 Å². The van der Waals surface area contributed by atoms with Crippen LogP contribution < -0.4 is 0 Å². The van der Waals surface area contributed by atoms with Crippen LogP contribution in [0.25, 0.3) is 21.9 Å². The molecule has 1 aromatic heterocycles. The van der Waals surface area contributed by atoms with E-state index in [1.165, 1.54) is 0 Å². The van der Waals surface area contributed by atoms with Gasteiger partial charge in [-0.2, -0.15) is 0 Å². The van der Waals surface area contributed by atoms with Crippen LogP contribution in [0.3, 0.4) is 0 Å². The topological polar surface area (TPSA) is 13.1 Å². The third kappa shape index (κ3) is 1.47. The Labute approximate surface area is 117 Å². The van der Waals surface area contributed by atoms with E-state index in [2.05, 4.69) is 47.8 Å². The molecule has 3 aromatic rings. The van der Waals surface area contributed by atoms with Gasteiger partial charge in [0.25, 0.3) is 0 Å². The number of furan rings is 1. The van der Waals surface area contributed by atoms with Crippen molar-refractivity contribution in [1.82, 2.24) is 0 Å². The standard InChI is InChI=1S/C12H5Br3O/c13-6-2-1-3-8-10(6)11-9(16-8)5-4-7(14)12(11)15/h1-5H. The molecule has 0 bridgehead atoms. The zero-order chi connectivity index (χ0) is 11.3. The van der Waals surface area contributed by atoms with E-state index in [0.29, 0.717) is 0 Å². The molecule has 1 heterocycles. The average molecular weight is 405 g/mol. The lowest BCUT2D eigenvalue weighted by Crippen LogP contribution is -1.73. The molecule has 16 heavy (non-hydrogen) atoms. The van der Waals surface area contributed by atoms with Crippen molar-refractivity contribution in [3.8, 4) is 0 Å². The van der Waals surface area contributed by atoms with Gasteiger partial charge in [-0.05, 0) is 56.1 Å². The van der Waals surface area contributed by atoms with Crippen molar-refractivity contribution in [2.24, 2.45) is 0 Å². The van der Waals surface area contributed by atoms with E-state index in [4.69, 9.17) is 4.42 Å². The summed E-state index contributed by atoms with van der Waals surface area (Å²) in [5, 5.41) is 2.20. The van der Waals surface area contributed by atoms with Crippen LogP contribution in [0.1, 0.15) is 0 Å². The number of hydrogen-bond donors (Lipinski definition) is 0. The van der Waals surface area contributed by atoms with E-state index in [9.17, 15) is 0 Å². The van der Waals surface area contributed by atoms with Gasteiger partial charge in [0.2, 0.25) is 0 Å². The summed E-state index contributed by atoms with van der Waals surface area (Å²) in [5.74, 6) is 0. The van der Waals surface area contributed by atoms with Crippen molar-refractivity contribution in [2.45, 2.75) is 0 Å². The lowest BCUT2D eigenvalue weighted by Gasteiger charge is -1.98. The lowest BCUT2D eigenvalue weighted by atomic mass is 10.1. The summed E-state index contributed by atoms with van der Waals surface area (Å²) >= 11 is 10.7. The molecule has 2 aromatic carbocycles. The van der Waals surface area contributed by atoms with E-state index < -0.39 is 0 Å². The summed E-state index contributed by atoms with van der Waals surface area (Å²) in [6, 6.07) is 9.90. The van der Waals surface area contributed by atoms with Crippen molar-refractivity contribution in [2.75, 3.05) is 0 Å². The van der Waals surface area contributed by atoms with Gasteiger partial charge in [-0.1, -0.05) is 22.0 Å². The number of rotatable bonds is 0. The third-order valence-corrected chi connectivity index (χ3v) is 5.18. The fraction of sp³-hybridized carbons (Fsp3) is 0. The van der Waals surface area contributed by atoms with Gasteiger partial charge >= 0.3 is 0 Å². The van der Waals surface area contributed by atoms with E-state index in [-0.39, 0.29) is 0 Å². The molecule has 0 atom stereocenters. The van der Waals surface area contributed by atoms with Gasteiger partial charge in [-0.25, -0.2) is 0 Å². The Hall–Kier alpha value is -0.320. The fourth-order valence-electron chi connectivity index (χ4n) is 1.80. The Morgan fingerprint density at radius 1 is 0.750 bits per heavy atom. The summed E-state index contributed by atoms with van der Waals surface area (Å²) < 4.78 is 8.88. The van der Waals surface area contributed by atoms with Crippen LogP contribution in [0, 0.1) is 0 Å². The molecule has 0 aliphatic heterocycles. The van der Waals surface area contributed by atoms with Gasteiger partial charge in [-0.3, -0.25) is 0 Å². The van der Waals surface area contributed by atoms with Gasteiger partial charge in [0, 0.05) is 24.2 Å².